The van der Waals surface area contributed by atoms with Crippen molar-refractivity contribution in [1.82, 2.24) is 9.80 Å². The predicted molar refractivity (Wildman–Crippen MR) is 75.2 cm³/mol. The van der Waals surface area contributed by atoms with E-state index >= 15 is 0 Å². The number of amides is 1. The molecule has 0 radical (unpaired) electrons. The Morgan fingerprint density at radius 2 is 2.00 bits per heavy atom. The summed E-state index contributed by atoms with van der Waals surface area (Å²) < 4.78 is 0. The van der Waals surface area contributed by atoms with Crippen molar-refractivity contribution in [3.63, 3.8) is 0 Å². The fraction of sp³-hybridized carbons (Fsp3) is 0.800. The van der Waals surface area contributed by atoms with Crippen LogP contribution in [0.1, 0.15) is 39.5 Å². The molecular formula is C15H26N2O. The van der Waals surface area contributed by atoms with Crippen LogP contribution in [0, 0.1) is 18.3 Å². The molecule has 1 unspecified atom stereocenters. The topological polar surface area (TPSA) is 23.6 Å². The number of likely N-dealkylation sites (tertiary alicyclic amines) is 1. The van der Waals surface area contributed by atoms with Crippen LogP contribution in [0.15, 0.2) is 0 Å². The van der Waals surface area contributed by atoms with Crippen LogP contribution in [0.2, 0.25) is 0 Å². The quantitative estimate of drug-likeness (QED) is 0.615. The summed E-state index contributed by atoms with van der Waals surface area (Å²) in [7, 11) is 0. The van der Waals surface area contributed by atoms with E-state index in [1.165, 1.54) is 12.8 Å². The van der Waals surface area contributed by atoms with Crippen molar-refractivity contribution in [2.75, 3.05) is 32.7 Å². The fourth-order valence-electron chi connectivity index (χ4n) is 2.55. The Morgan fingerprint density at radius 1 is 1.33 bits per heavy atom. The second-order valence-corrected chi connectivity index (χ2v) is 5.10. The van der Waals surface area contributed by atoms with Crippen LogP contribution in [0.25, 0.3) is 0 Å². The zero-order chi connectivity index (χ0) is 13.4. The summed E-state index contributed by atoms with van der Waals surface area (Å²) in [6, 6.07) is 0. The minimum atomic E-state index is 0.139. The molecule has 1 amide bonds. The minimum Gasteiger partial charge on any atom is -0.341 e. The second-order valence-electron chi connectivity index (χ2n) is 5.10. The molecule has 102 valence electrons. The van der Waals surface area contributed by atoms with Gasteiger partial charge in [0.15, 0.2) is 0 Å². The summed E-state index contributed by atoms with van der Waals surface area (Å²) in [4.78, 5) is 16.1. The highest BCUT2D eigenvalue weighted by molar-refractivity contribution is 5.79. The molecule has 3 nitrogen and oxygen atoms in total. The predicted octanol–water partition coefficient (Wildman–Crippen LogP) is 1.98. The molecule has 0 bridgehead atoms. The fourth-order valence-corrected chi connectivity index (χ4v) is 2.55. The van der Waals surface area contributed by atoms with Crippen LogP contribution in [0.5, 0.6) is 0 Å². The van der Waals surface area contributed by atoms with Crippen LogP contribution < -0.4 is 0 Å². The van der Waals surface area contributed by atoms with Crippen molar-refractivity contribution < 1.29 is 4.79 Å². The first kappa shape index (κ1) is 15.0. The molecule has 1 atom stereocenters. The number of terminal acetylenes is 1. The van der Waals surface area contributed by atoms with Crippen molar-refractivity contribution >= 4 is 5.91 Å². The molecule has 3 heteroatoms. The molecule has 0 saturated carbocycles. The van der Waals surface area contributed by atoms with Gasteiger partial charge in [-0.1, -0.05) is 13.8 Å². The molecule has 1 fully saturated rings. The van der Waals surface area contributed by atoms with Crippen molar-refractivity contribution in [2.24, 2.45) is 5.92 Å². The molecule has 1 aliphatic heterocycles. The number of hydrogen-bond acceptors (Lipinski definition) is 2. The highest BCUT2D eigenvalue weighted by atomic mass is 16.2. The Morgan fingerprint density at radius 3 is 2.50 bits per heavy atom. The van der Waals surface area contributed by atoms with Gasteiger partial charge in [-0.2, -0.15) is 0 Å². The second kappa shape index (κ2) is 8.16. The van der Waals surface area contributed by atoms with Gasteiger partial charge in [0.05, 0.1) is 0 Å². The maximum absolute atomic E-state index is 11.7. The molecule has 0 spiro atoms. The van der Waals surface area contributed by atoms with Gasteiger partial charge in [0.2, 0.25) is 5.91 Å². The van der Waals surface area contributed by atoms with Crippen molar-refractivity contribution in [3.8, 4) is 12.3 Å². The lowest BCUT2D eigenvalue weighted by Gasteiger charge is -2.22. The molecule has 1 rings (SSSR count). The minimum absolute atomic E-state index is 0.139. The zero-order valence-corrected chi connectivity index (χ0v) is 11.8. The third-order valence-corrected chi connectivity index (χ3v) is 3.43. The van der Waals surface area contributed by atoms with Gasteiger partial charge in [-0.25, -0.2) is 0 Å². The van der Waals surface area contributed by atoms with Crippen LogP contribution in [0.4, 0.5) is 0 Å². The Hall–Kier alpha value is -1.01. The number of hydrogen-bond donors (Lipinski definition) is 0. The summed E-state index contributed by atoms with van der Waals surface area (Å²) in [6.45, 7) is 9.46. The van der Waals surface area contributed by atoms with E-state index in [4.69, 9.17) is 6.42 Å². The summed E-state index contributed by atoms with van der Waals surface area (Å²) in [5.74, 6) is 3.06. The average Bonchev–Trinajstić information content (AvgIpc) is 2.71. The molecule has 0 aromatic carbocycles. The Bertz CT molecular complexity index is 289. The number of carbonyl (C=O) groups is 1. The largest absolute Gasteiger partial charge is 0.341 e. The molecule has 18 heavy (non-hydrogen) atoms. The summed E-state index contributed by atoms with van der Waals surface area (Å²) in [5, 5.41) is 0. The van der Waals surface area contributed by atoms with E-state index in [0.717, 1.165) is 39.1 Å². The van der Waals surface area contributed by atoms with E-state index in [1.54, 1.807) is 0 Å². The van der Waals surface area contributed by atoms with E-state index in [0.29, 0.717) is 6.42 Å². The van der Waals surface area contributed by atoms with E-state index in [2.05, 4.69) is 24.7 Å². The summed E-state index contributed by atoms with van der Waals surface area (Å²) in [6.07, 6.45) is 9.37. The monoisotopic (exact) mass is 250 g/mol. The standard InChI is InChI=1S/C15H26N2O/c1-4-8-16(9-5-2)10-7-11-17-13-14(6-3)12-15(17)18/h3,14H,4-5,7-13H2,1-2H3. The first-order valence-corrected chi connectivity index (χ1v) is 7.17. The number of nitrogens with zero attached hydrogens (tertiary/aromatic N) is 2. The van der Waals surface area contributed by atoms with Gasteiger partial charge in [-0.15, -0.1) is 12.3 Å². The van der Waals surface area contributed by atoms with Gasteiger partial charge in [-0.3, -0.25) is 4.79 Å². The SMILES string of the molecule is C#CC1CC(=O)N(CCCN(CCC)CCC)C1. The highest BCUT2D eigenvalue weighted by Gasteiger charge is 2.27. The van der Waals surface area contributed by atoms with Crippen molar-refractivity contribution in [2.45, 2.75) is 39.5 Å². The van der Waals surface area contributed by atoms with Crippen molar-refractivity contribution in [3.05, 3.63) is 0 Å². The molecule has 0 aromatic rings. The highest BCUT2D eigenvalue weighted by Crippen LogP contribution is 2.16. The van der Waals surface area contributed by atoms with Gasteiger partial charge < -0.3 is 9.80 Å². The summed E-state index contributed by atoms with van der Waals surface area (Å²) >= 11 is 0. The van der Waals surface area contributed by atoms with E-state index in [-0.39, 0.29) is 11.8 Å². The first-order chi connectivity index (χ1) is 8.71. The van der Waals surface area contributed by atoms with Crippen LogP contribution in [0.3, 0.4) is 0 Å². The third kappa shape index (κ3) is 4.70. The molecule has 1 heterocycles. The van der Waals surface area contributed by atoms with E-state index in [9.17, 15) is 4.79 Å². The van der Waals surface area contributed by atoms with Gasteiger partial charge in [0.25, 0.3) is 0 Å². The molecule has 0 aromatic heterocycles. The van der Waals surface area contributed by atoms with Crippen LogP contribution >= 0.6 is 0 Å². The third-order valence-electron chi connectivity index (χ3n) is 3.43. The van der Waals surface area contributed by atoms with Gasteiger partial charge in [-0.05, 0) is 38.9 Å². The maximum atomic E-state index is 11.7. The number of carbonyl (C=O) groups excluding carboxylic acids is 1. The Kier molecular flexibility index (Phi) is 6.82. The smallest absolute Gasteiger partial charge is 0.223 e. The van der Waals surface area contributed by atoms with Crippen LogP contribution in [-0.4, -0.2) is 48.4 Å². The molecular weight excluding hydrogens is 224 g/mol. The lowest BCUT2D eigenvalue weighted by Crippen LogP contribution is -2.32. The van der Waals surface area contributed by atoms with Gasteiger partial charge in [0.1, 0.15) is 0 Å². The maximum Gasteiger partial charge on any atom is 0.223 e. The van der Waals surface area contributed by atoms with Gasteiger partial charge in [0, 0.05) is 25.4 Å². The van der Waals surface area contributed by atoms with E-state index in [1.807, 2.05) is 4.90 Å². The average molecular weight is 250 g/mol. The molecule has 1 saturated heterocycles. The Balaban J connectivity index is 2.24. The summed E-state index contributed by atoms with van der Waals surface area (Å²) in [5.41, 5.74) is 0. The van der Waals surface area contributed by atoms with Gasteiger partial charge >= 0.3 is 0 Å². The lowest BCUT2D eigenvalue weighted by molar-refractivity contribution is -0.127. The van der Waals surface area contributed by atoms with Crippen molar-refractivity contribution in [1.29, 1.82) is 0 Å². The Labute approximate surface area is 112 Å². The van der Waals surface area contributed by atoms with Crippen LogP contribution in [-0.2, 0) is 4.79 Å². The van der Waals surface area contributed by atoms with E-state index < -0.39 is 0 Å². The molecule has 0 aliphatic carbocycles. The lowest BCUT2D eigenvalue weighted by atomic mass is 10.1. The first-order valence-electron chi connectivity index (χ1n) is 7.17. The molecule has 0 N–H and O–H groups in total. The normalized spacial score (nSPS) is 19.6. The zero-order valence-electron chi connectivity index (χ0n) is 11.8. The number of rotatable bonds is 8. The molecule has 1 aliphatic rings.